The Morgan fingerprint density at radius 2 is 2.00 bits per heavy atom. The Bertz CT molecular complexity index is 302. The van der Waals surface area contributed by atoms with E-state index in [0.29, 0.717) is 5.56 Å². The predicted molar refractivity (Wildman–Crippen MR) is 56.7 cm³/mol. The molecule has 1 rings (SSSR count). The molecule has 0 heterocycles. The summed E-state index contributed by atoms with van der Waals surface area (Å²) >= 11 is 5.33. The van der Waals surface area contributed by atoms with Gasteiger partial charge in [-0.3, -0.25) is 4.79 Å². The Morgan fingerprint density at radius 3 is 2.36 bits per heavy atom. The second-order valence-corrected chi connectivity index (χ2v) is 3.37. The first-order valence-electron chi connectivity index (χ1n) is 4.51. The van der Waals surface area contributed by atoms with Crippen LogP contribution in [0.2, 0.25) is 0 Å². The van der Waals surface area contributed by atoms with Crippen LogP contribution in [0.3, 0.4) is 0 Å². The van der Waals surface area contributed by atoms with Crippen LogP contribution >= 0.6 is 11.6 Å². The standard InChI is InChI=1S/C11H13ClO2/c1-3-10(14-2)8-4-6-9(7-5-8)11(12)13/h4-7,10H,3H2,1-2H3. The topological polar surface area (TPSA) is 26.3 Å². The normalized spacial score (nSPS) is 12.5. The first kappa shape index (κ1) is 11.2. The molecule has 0 saturated heterocycles. The predicted octanol–water partition coefficient (Wildman–Crippen LogP) is 3.16. The average Bonchev–Trinajstić information content (AvgIpc) is 2.20. The minimum absolute atomic E-state index is 0.0921. The van der Waals surface area contributed by atoms with E-state index in [9.17, 15) is 4.79 Å². The number of benzene rings is 1. The summed E-state index contributed by atoms with van der Waals surface area (Å²) in [5.41, 5.74) is 1.58. The Kier molecular flexibility index (Phi) is 4.11. The molecule has 0 aromatic heterocycles. The van der Waals surface area contributed by atoms with Crippen molar-refractivity contribution in [2.24, 2.45) is 0 Å². The van der Waals surface area contributed by atoms with E-state index in [-0.39, 0.29) is 6.10 Å². The van der Waals surface area contributed by atoms with Crippen molar-refractivity contribution in [1.82, 2.24) is 0 Å². The van der Waals surface area contributed by atoms with Crippen LogP contribution in [0.5, 0.6) is 0 Å². The minimum atomic E-state index is -0.429. The first-order chi connectivity index (χ1) is 6.69. The molecule has 0 fully saturated rings. The molecule has 0 spiro atoms. The molecule has 3 heteroatoms. The molecule has 0 saturated carbocycles. The van der Waals surface area contributed by atoms with Crippen LogP contribution in [0.4, 0.5) is 0 Å². The van der Waals surface area contributed by atoms with Gasteiger partial charge in [0.1, 0.15) is 0 Å². The Balaban J connectivity index is 2.87. The lowest BCUT2D eigenvalue weighted by atomic mass is 10.1. The highest BCUT2D eigenvalue weighted by atomic mass is 35.5. The van der Waals surface area contributed by atoms with Crippen LogP contribution in [0.25, 0.3) is 0 Å². The quantitative estimate of drug-likeness (QED) is 0.717. The highest BCUT2D eigenvalue weighted by molar-refractivity contribution is 6.67. The van der Waals surface area contributed by atoms with Crippen LogP contribution in [0, 0.1) is 0 Å². The lowest BCUT2D eigenvalue weighted by Gasteiger charge is -2.13. The van der Waals surface area contributed by atoms with Gasteiger partial charge in [-0.2, -0.15) is 0 Å². The monoisotopic (exact) mass is 212 g/mol. The number of rotatable bonds is 4. The third-order valence-corrected chi connectivity index (χ3v) is 2.38. The molecule has 0 N–H and O–H groups in total. The number of halogens is 1. The van der Waals surface area contributed by atoms with E-state index in [2.05, 4.69) is 6.92 Å². The van der Waals surface area contributed by atoms with Crippen molar-refractivity contribution in [2.45, 2.75) is 19.4 Å². The van der Waals surface area contributed by atoms with Gasteiger partial charge in [0.2, 0.25) is 0 Å². The maximum Gasteiger partial charge on any atom is 0.252 e. The van der Waals surface area contributed by atoms with Gasteiger partial charge in [-0.25, -0.2) is 0 Å². The lowest BCUT2D eigenvalue weighted by molar-refractivity contribution is 0.0999. The SMILES string of the molecule is CCC(OC)c1ccc(C(=O)Cl)cc1. The molecule has 76 valence electrons. The largest absolute Gasteiger partial charge is 0.377 e. The van der Waals surface area contributed by atoms with Crippen LogP contribution in [-0.2, 0) is 4.74 Å². The van der Waals surface area contributed by atoms with Crippen LogP contribution < -0.4 is 0 Å². The molecule has 0 amide bonds. The van der Waals surface area contributed by atoms with Crippen LogP contribution in [0.15, 0.2) is 24.3 Å². The van der Waals surface area contributed by atoms with Crippen molar-refractivity contribution in [3.8, 4) is 0 Å². The van der Waals surface area contributed by atoms with Crippen molar-refractivity contribution in [1.29, 1.82) is 0 Å². The fraction of sp³-hybridized carbons (Fsp3) is 0.364. The number of methoxy groups -OCH3 is 1. The van der Waals surface area contributed by atoms with Crippen molar-refractivity contribution < 1.29 is 9.53 Å². The highest BCUT2D eigenvalue weighted by Crippen LogP contribution is 2.20. The molecule has 2 nitrogen and oxygen atoms in total. The van der Waals surface area contributed by atoms with E-state index in [1.807, 2.05) is 12.1 Å². The molecule has 0 radical (unpaired) electrons. The number of hydrogen-bond acceptors (Lipinski definition) is 2. The molecule has 1 aromatic carbocycles. The fourth-order valence-corrected chi connectivity index (χ4v) is 1.49. The number of carbonyl (C=O) groups is 1. The summed E-state index contributed by atoms with van der Waals surface area (Å²) in [6, 6.07) is 7.17. The van der Waals surface area contributed by atoms with E-state index >= 15 is 0 Å². The maximum absolute atomic E-state index is 10.8. The molecule has 1 aromatic rings. The molecule has 0 aliphatic rings. The molecule has 0 aliphatic heterocycles. The molecular weight excluding hydrogens is 200 g/mol. The van der Waals surface area contributed by atoms with Gasteiger partial charge in [0.15, 0.2) is 0 Å². The van der Waals surface area contributed by atoms with Crippen molar-refractivity contribution in [2.75, 3.05) is 7.11 Å². The summed E-state index contributed by atoms with van der Waals surface area (Å²) in [7, 11) is 1.68. The second kappa shape index (κ2) is 5.13. The lowest BCUT2D eigenvalue weighted by Crippen LogP contribution is -2.00. The number of ether oxygens (including phenoxy) is 1. The molecule has 0 bridgehead atoms. The maximum atomic E-state index is 10.8. The van der Waals surface area contributed by atoms with Gasteiger partial charge in [-0.15, -0.1) is 0 Å². The summed E-state index contributed by atoms with van der Waals surface area (Å²) in [4.78, 5) is 10.8. The Hall–Kier alpha value is -0.860. The summed E-state index contributed by atoms with van der Waals surface area (Å²) in [5, 5.41) is -0.429. The smallest absolute Gasteiger partial charge is 0.252 e. The van der Waals surface area contributed by atoms with Crippen LogP contribution in [-0.4, -0.2) is 12.4 Å². The van der Waals surface area contributed by atoms with E-state index in [1.165, 1.54) is 0 Å². The molecule has 1 unspecified atom stereocenters. The summed E-state index contributed by atoms with van der Waals surface area (Å²) in [6.45, 7) is 2.05. The summed E-state index contributed by atoms with van der Waals surface area (Å²) in [6.07, 6.45) is 1.000. The van der Waals surface area contributed by atoms with Crippen molar-refractivity contribution in [3.63, 3.8) is 0 Å². The number of hydrogen-bond donors (Lipinski definition) is 0. The van der Waals surface area contributed by atoms with Gasteiger partial charge in [0, 0.05) is 12.7 Å². The Labute approximate surface area is 88.8 Å². The fourth-order valence-electron chi connectivity index (χ4n) is 1.37. The van der Waals surface area contributed by atoms with E-state index < -0.39 is 5.24 Å². The van der Waals surface area contributed by atoms with E-state index in [1.54, 1.807) is 19.2 Å². The average molecular weight is 213 g/mol. The van der Waals surface area contributed by atoms with Gasteiger partial charge in [-0.05, 0) is 35.7 Å². The summed E-state index contributed by atoms with van der Waals surface area (Å²) in [5.74, 6) is 0. The molecular formula is C11H13ClO2. The third kappa shape index (κ3) is 2.56. The molecule has 0 aliphatic carbocycles. The summed E-state index contributed by atoms with van der Waals surface area (Å²) < 4.78 is 5.27. The zero-order chi connectivity index (χ0) is 10.6. The van der Waals surface area contributed by atoms with Crippen LogP contribution in [0.1, 0.15) is 35.4 Å². The zero-order valence-electron chi connectivity index (χ0n) is 8.29. The van der Waals surface area contributed by atoms with Gasteiger partial charge in [0.25, 0.3) is 5.24 Å². The van der Waals surface area contributed by atoms with E-state index in [4.69, 9.17) is 16.3 Å². The van der Waals surface area contributed by atoms with Gasteiger partial charge < -0.3 is 4.74 Å². The second-order valence-electron chi connectivity index (χ2n) is 3.03. The first-order valence-corrected chi connectivity index (χ1v) is 4.89. The molecule has 1 atom stereocenters. The third-order valence-electron chi connectivity index (χ3n) is 2.16. The Morgan fingerprint density at radius 1 is 1.43 bits per heavy atom. The van der Waals surface area contributed by atoms with Gasteiger partial charge in [0.05, 0.1) is 6.10 Å². The van der Waals surface area contributed by atoms with Gasteiger partial charge in [-0.1, -0.05) is 19.1 Å². The minimum Gasteiger partial charge on any atom is -0.377 e. The highest BCUT2D eigenvalue weighted by Gasteiger charge is 2.08. The van der Waals surface area contributed by atoms with Crippen molar-refractivity contribution in [3.05, 3.63) is 35.4 Å². The zero-order valence-corrected chi connectivity index (χ0v) is 9.04. The van der Waals surface area contributed by atoms with Gasteiger partial charge >= 0.3 is 0 Å². The van der Waals surface area contributed by atoms with Crippen molar-refractivity contribution >= 4 is 16.8 Å². The molecule has 14 heavy (non-hydrogen) atoms. The van der Waals surface area contributed by atoms with E-state index in [0.717, 1.165) is 12.0 Å². The number of carbonyl (C=O) groups excluding carboxylic acids is 1.